The lowest BCUT2D eigenvalue weighted by atomic mass is 10.0. The first kappa shape index (κ1) is 24.4. The number of benzene rings is 3. The van der Waals surface area contributed by atoms with Crippen LogP contribution in [0, 0.1) is 6.92 Å². The molecule has 0 unspecified atom stereocenters. The molecule has 3 aromatic carbocycles. The molecule has 7 nitrogen and oxygen atoms in total. The Kier molecular flexibility index (Phi) is 6.77. The molecule has 0 bridgehead atoms. The van der Waals surface area contributed by atoms with E-state index in [0.29, 0.717) is 41.1 Å². The van der Waals surface area contributed by atoms with Crippen molar-refractivity contribution in [2.24, 2.45) is 0 Å². The van der Waals surface area contributed by atoms with E-state index in [1.807, 2.05) is 55.5 Å². The second-order valence-electron chi connectivity index (χ2n) is 8.55. The molecule has 1 aliphatic heterocycles. The average Bonchev–Trinajstić information content (AvgIpc) is 2.90. The molecule has 0 atom stereocenters. The minimum atomic E-state index is -3.84. The highest BCUT2D eigenvalue weighted by Crippen LogP contribution is 2.30. The number of amides is 1. The fraction of sp³-hybridized carbons (Fsp3) is 0.185. The number of carbonyl (C=O) groups excluding carboxylic acids is 1. The lowest BCUT2D eigenvalue weighted by molar-refractivity contribution is 0.0730. The van der Waals surface area contributed by atoms with Gasteiger partial charge in [0, 0.05) is 29.7 Å². The first-order chi connectivity index (χ1) is 17.3. The molecule has 0 aliphatic carbocycles. The van der Waals surface area contributed by atoms with E-state index in [1.54, 1.807) is 12.1 Å². The van der Waals surface area contributed by atoms with Crippen LogP contribution in [0.2, 0.25) is 5.02 Å². The van der Waals surface area contributed by atoms with E-state index in [1.165, 1.54) is 16.4 Å². The number of morpholine rings is 1. The van der Waals surface area contributed by atoms with E-state index >= 15 is 0 Å². The third-order valence-electron chi connectivity index (χ3n) is 6.09. The lowest BCUT2D eigenvalue weighted by Gasteiger charge is -2.26. The summed E-state index contributed by atoms with van der Waals surface area (Å²) < 4.78 is 33.0. The zero-order valence-corrected chi connectivity index (χ0v) is 21.1. The molecular formula is C27H24ClN3O4S. The number of aromatic nitrogens is 1. The molecular weight excluding hydrogens is 498 g/mol. The van der Waals surface area contributed by atoms with Crippen molar-refractivity contribution in [3.63, 3.8) is 0 Å². The van der Waals surface area contributed by atoms with Crippen molar-refractivity contribution in [3.05, 3.63) is 88.9 Å². The Morgan fingerprint density at radius 2 is 1.72 bits per heavy atom. The van der Waals surface area contributed by atoms with Crippen LogP contribution in [0.1, 0.15) is 15.9 Å². The summed E-state index contributed by atoms with van der Waals surface area (Å²) in [5.74, 6) is -0.376. The molecule has 184 valence electrons. The summed E-state index contributed by atoms with van der Waals surface area (Å²) in [6.07, 6.45) is 0. The third kappa shape index (κ3) is 4.85. The molecule has 1 N–H and O–H groups in total. The van der Waals surface area contributed by atoms with Gasteiger partial charge in [-0.15, -0.1) is 0 Å². The molecule has 1 aliphatic rings. The van der Waals surface area contributed by atoms with Gasteiger partial charge in [-0.3, -0.25) is 4.79 Å². The number of nitrogens with zero attached hydrogens (tertiary/aromatic N) is 2. The van der Waals surface area contributed by atoms with Crippen LogP contribution in [0.15, 0.2) is 77.7 Å². The Balaban J connectivity index is 1.51. The molecule has 0 spiro atoms. The maximum absolute atomic E-state index is 13.5. The molecule has 1 aromatic heterocycles. The Hall–Kier alpha value is -3.30. The van der Waals surface area contributed by atoms with Crippen LogP contribution in [0.3, 0.4) is 0 Å². The maximum atomic E-state index is 13.5. The van der Waals surface area contributed by atoms with Gasteiger partial charge in [0.05, 0.1) is 35.0 Å². The first-order valence-electron chi connectivity index (χ1n) is 11.5. The summed E-state index contributed by atoms with van der Waals surface area (Å²) in [6, 6.07) is 21.6. The van der Waals surface area contributed by atoms with Gasteiger partial charge in [-0.2, -0.15) is 4.31 Å². The van der Waals surface area contributed by atoms with Crippen LogP contribution in [0.5, 0.6) is 0 Å². The maximum Gasteiger partial charge on any atom is 0.256 e. The summed E-state index contributed by atoms with van der Waals surface area (Å²) in [5.41, 5.74) is 4.14. The van der Waals surface area contributed by atoms with E-state index in [0.717, 1.165) is 11.1 Å². The molecule has 36 heavy (non-hydrogen) atoms. The van der Waals surface area contributed by atoms with Crippen molar-refractivity contribution in [2.45, 2.75) is 11.8 Å². The topological polar surface area (TPSA) is 88.6 Å². The average molecular weight is 522 g/mol. The second kappa shape index (κ2) is 9.99. The van der Waals surface area contributed by atoms with Crippen LogP contribution < -0.4 is 5.32 Å². The van der Waals surface area contributed by atoms with Gasteiger partial charge in [0.15, 0.2) is 0 Å². The molecule has 0 radical (unpaired) electrons. The van der Waals surface area contributed by atoms with Crippen LogP contribution in [0.4, 0.5) is 5.69 Å². The van der Waals surface area contributed by atoms with Crippen molar-refractivity contribution >= 4 is 44.1 Å². The number of hydrogen-bond donors (Lipinski definition) is 1. The molecule has 9 heteroatoms. The number of halogens is 1. The van der Waals surface area contributed by atoms with E-state index < -0.39 is 10.0 Å². The number of hydrogen-bond acceptors (Lipinski definition) is 5. The number of rotatable bonds is 5. The SMILES string of the molecule is Cc1ccc(-c2cc(C(=O)Nc3ccc(Cl)c(S(=O)(=O)N4CCOCC4)c3)c3ccccc3n2)cc1. The normalized spacial score (nSPS) is 14.6. The van der Waals surface area contributed by atoms with Gasteiger partial charge in [-0.05, 0) is 37.3 Å². The Labute approximate surface area is 214 Å². The third-order valence-corrected chi connectivity index (χ3v) is 8.47. The van der Waals surface area contributed by atoms with Crippen LogP contribution in [-0.4, -0.2) is 49.9 Å². The van der Waals surface area contributed by atoms with Gasteiger partial charge < -0.3 is 10.1 Å². The molecule has 5 rings (SSSR count). The van der Waals surface area contributed by atoms with Gasteiger partial charge >= 0.3 is 0 Å². The number of aryl methyl sites for hydroxylation is 1. The van der Waals surface area contributed by atoms with Crippen molar-refractivity contribution in [2.75, 3.05) is 31.6 Å². The number of ether oxygens (including phenoxy) is 1. The molecule has 1 saturated heterocycles. The number of fused-ring (bicyclic) bond motifs is 1. The quantitative estimate of drug-likeness (QED) is 0.393. The van der Waals surface area contributed by atoms with E-state index in [2.05, 4.69) is 5.32 Å². The number of carbonyl (C=O) groups is 1. The minimum absolute atomic E-state index is 0.0520. The van der Waals surface area contributed by atoms with Crippen LogP contribution in [0.25, 0.3) is 22.2 Å². The highest BCUT2D eigenvalue weighted by Gasteiger charge is 2.29. The van der Waals surface area contributed by atoms with E-state index in [-0.39, 0.29) is 28.9 Å². The second-order valence-corrected chi connectivity index (χ2v) is 10.9. The number of nitrogens with one attached hydrogen (secondary N) is 1. The summed E-state index contributed by atoms with van der Waals surface area (Å²) >= 11 is 6.27. The van der Waals surface area contributed by atoms with Gasteiger partial charge in [0.2, 0.25) is 10.0 Å². The van der Waals surface area contributed by atoms with E-state index in [9.17, 15) is 13.2 Å². The highest BCUT2D eigenvalue weighted by molar-refractivity contribution is 7.89. The number of pyridine rings is 1. The number of sulfonamides is 1. The van der Waals surface area contributed by atoms with Crippen LogP contribution in [-0.2, 0) is 14.8 Å². The largest absolute Gasteiger partial charge is 0.379 e. The number of para-hydroxylation sites is 1. The molecule has 4 aromatic rings. The summed E-state index contributed by atoms with van der Waals surface area (Å²) in [7, 11) is -3.84. The van der Waals surface area contributed by atoms with Crippen molar-refractivity contribution in [1.29, 1.82) is 0 Å². The minimum Gasteiger partial charge on any atom is -0.379 e. The fourth-order valence-corrected chi connectivity index (χ4v) is 6.05. The standard InChI is InChI=1S/C27H24ClN3O4S/c1-18-6-8-19(9-7-18)25-17-22(21-4-2-3-5-24(21)30-25)27(32)29-20-10-11-23(28)26(16-20)36(33,34)31-12-14-35-15-13-31/h2-11,16-17H,12-15H2,1H3,(H,29,32). The van der Waals surface area contributed by atoms with Gasteiger partial charge in [0.1, 0.15) is 4.90 Å². The highest BCUT2D eigenvalue weighted by atomic mass is 35.5. The van der Waals surface area contributed by atoms with Gasteiger partial charge in [-0.1, -0.05) is 59.6 Å². The summed E-state index contributed by atoms with van der Waals surface area (Å²) in [6.45, 7) is 3.16. The lowest BCUT2D eigenvalue weighted by Crippen LogP contribution is -2.40. The first-order valence-corrected chi connectivity index (χ1v) is 13.3. The molecule has 0 saturated carbocycles. The van der Waals surface area contributed by atoms with Gasteiger partial charge in [-0.25, -0.2) is 13.4 Å². The fourth-order valence-electron chi connectivity index (χ4n) is 4.14. The molecule has 1 fully saturated rings. The molecule has 2 heterocycles. The van der Waals surface area contributed by atoms with Gasteiger partial charge in [0.25, 0.3) is 5.91 Å². The summed E-state index contributed by atoms with van der Waals surface area (Å²) in [4.78, 5) is 18.2. The molecule has 1 amide bonds. The predicted octanol–water partition coefficient (Wildman–Crippen LogP) is 5.14. The monoisotopic (exact) mass is 521 g/mol. The number of anilines is 1. The van der Waals surface area contributed by atoms with Crippen molar-refractivity contribution in [1.82, 2.24) is 9.29 Å². The van der Waals surface area contributed by atoms with Crippen molar-refractivity contribution < 1.29 is 17.9 Å². The summed E-state index contributed by atoms with van der Waals surface area (Å²) in [5, 5.41) is 3.64. The predicted molar refractivity (Wildman–Crippen MR) is 141 cm³/mol. The Morgan fingerprint density at radius 1 is 1.00 bits per heavy atom. The zero-order chi connectivity index (χ0) is 25.3. The zero-order valence-electron chi connectivity index (χ0n) is 19.6. The Morgan fingerprint density at radius 3 is 2.47 bits per heavy atom. The van der Waals surface area contributed by atoms with E-state index in [4.69, 9.17) is 21.3 Å². The Bertz CT molecular complexity index is 1550. The van der Waals surface area contributed by atoms with Crippen LogP contribution >= 0.6 is 11.6 Å². The van der Waals surface area contributed by atoms with Crippen molar-refractivity contribution in [3.8, 4) is 11.3 Å². The smallest absolute Gasteiger partial charge is 0.256 e.